The Kier molecular flexibility index (Phi) is 5.99. The van der Waals surface area contributed by atoms with Crippen LogP contribution in [0.5, 0.6) is 11.5 Å². The molecule has 0 radical (unpaired) electrons. The number of methoxy groups -OCH3 is 2. The van der Waals surface area contributed by atoms with Crippen LogP contribution in [-0.2, 0) is 16.6 Å². The highest BCUT2D eigenvalue weighted by molar-refractivity contribution is 7.89. The number of para-hydroxylation sites is 1. The SMILES string of the molecule is COc1ccc(-c2noc(CN(C)S(=O)(=O)c3ccccc3[N+](=O)[O-])n2)c(OC)c1. The molecule has 0 unspecified atom stereocenters. The molecule has 30 heavy (non-hydrogen) atoms. The van der Waals surface area contributed by atoms with Gasteiger partial charge in [0.1, 0.15) is 11.5 Å². The zero-order valence-electron chi connectivity index (χ0n) is 16.3. The van der Waals surface area contributed by atoms with Gasteiger partial charge in [0.2, 0.25) is 21.7 Å². The Bertz CT molecular complexity index is 1180. The fourth-order valence-corrected chi connectivity index (χ4v) is 3.95. The Morgan fingerprint density at radius 3 is 2.57 bits per heavy atom. The van der Waals surface area contributed by atoms with Gasteiger partial charge in [-0.2, -0.15) is 9.29 Å². The van der Waals surface area contributed by atoms with Crippen LogP contribution in [0.4, 0.5) is 5.69 Å². The summed E-state index contributed by atoms with van der Waals surface area (Å²) >= 11 is 0. The van der Waals surface area contributed by atoms with Crippen molar-refractivity contribution in [1.29, 1.82) is 0 Å². The lowest BCUT2D eigenvalue weighted by atomic mass is 10.2. The van der Waals surface area contributed by atoms with Crippen molar-refractivity contribution in [3.63, 3.8) is 0 Å². The molecule has 0 bridgehead atoms. The first-order valence-corrected chi connectivity index (χ1v) is 9.96. The summed E-state index contributed by atoms with van der Waals surface area (Å²) in [6, 6.07) is 10.1. The second kappa shape index (κ2) is 8.47. The number of nitrogens with zero attached hydrogens (tertiary/aromatic N) is 4. The zero-order valence-corrected chi connectivity index (χ0v) is 17.1. The van der Waals surface area contributed by atoms with Gasteiger partial charge < -0.3 is 14.0 Å². The lowest BCUT2D eigenvalue weighted by molar-refractivity contribution is -0.387. The van der Waals surface area contributed by atoms with Crippen LogP contribution in [0.25, 0.3) is 11.4 Å². The lowest BCUT2D eigenvalue weighted by Crippen LogP contribution is -2.27. The van der Waals surface area contributed by atoms with Crippen LogP contribution < -0.4 is 9.47 Å². The monoisotopic (exact) mass is 434 g/mol. The van der Waals surface area contributed by atoms with E-state index >= 15 is 0 Å². The molecule has 0 fully saturated rings. The van der Waals surface area contributed by atoms with E-state index in [1.165, 1.54) is 39.5 Å². The smallest absolute Gasteiger partial charge is 0.289 e. The molecular formula is C18H18N4O7S. The third-order valence-corrected chi connectivity index (χ3v) is 6.08. The van der Waals surface area contributed by atoms with Gasteiger partial charge in [-0.05, 0) is 18.2 Å². The number of benzene rings is 2. The minimum atomic E-state index is -4.17. The number of aromatic nitrogens is 2. The predicted molar refractivity (Wildman–Crippen MR) is 105 cm³/mol. The summed E-state index contributed by atoms with van der Waals surface area (Å²) < 4.78 is 42.1. The maximum absolute atomic E-state index is 12.8. The molecular weight excluding hydrogens is 416 g/mol. The normalized spacial score (nSPS) is 11.5. The quantitative estimate of drug-likeness (QED) is 0.386. The lowest BCUT2D eigenvalue weighted by Gasteiger charge is -2.14. The number of ether oxygens (including phenoxy) is 2. The van der Waals surface area contributed by atoms with Gasteiger partial charge in [-0.1, -0.05) is 17.3 Å². The van der Waals surface area contributed by atoms with E-state index in [-0.39, 0.29) is 18.3 Å². The molecule has 0 N–H and O–H groups in total. The van der Waals surface area contributed by atoms with Gasteiger partial charge >= 0.3 is 0 Å². The van der Waals surface area contributed by atoms with Crippen LogP contribution in [0.2, 0.25) is 0 Å². The van der Waals surface area contributed by atoms with Crippen LogP contribution in [0.3, 0.4) is 0 Å². The first kappa shape index (κ1) is 21.2. The molecule has 0 aliphatic rings. The van der Waals surface area contributed by atoms with Gasteiger partial charge in [-0.15, -0.1) is 0 Å². The Hall–Kier alpha value is -3.51. The Balaban J connectivity index is 1.87. The number of hydrogen-bond donors (Lipinski definition) is 0. The predicted octanol–water partition coefficient (Wildman–Crippen LogP) is 2.48. The van der Waals surface area contributed by atoms with Crippen molar-refractivity contribution in [3.05, 3.63) is 58.5 Å². The summed E-state index contributed by atoms with van der Waals surface area (Å²) in [5, 5.41) is 15.0. The summed E-state index contributed by atoms with van der Waals surface area (Å²) in [6.07, 6.45) is 0. The molecule has 3 aromatic rings. The average Bonchev–Trinajstić information content (AvgIpc) is 3.21. The van der Waals surface area contributed by atoms with Crippen LogP contribution in [0, 0.1) is 10.1 Å². The van der Waals surface area contributed by atoms with Gasteiger partial charge in [-0.25, -0.2) is 8.42 Å². The Morgan fingerprint density at radius 1 is 1.17 bits per heavy atom. The molecule has 11 nitrogen and oxygen atoms in total. The Labute approximate surface area is 172 Å². The standard InChI is InChI=1S/C18H18N4O7S/c1-21(30(25,26)16-7-5-4-6-14(16)22(23)24)11-17-19-18(20-29-17)13-9-8-12(27-2)10-15(13)28-3/h4-10H,11H2,1-3H3. The van der Waals surface area contributed by atoms with Gasteiger partial charge in [0.25, 0.3) is 5.69 Å². The molecule has 12 heteroatoms. The van der Waals surface area contributed by atoms with Crippen molar-refractivity contribution in [2.45, 2.75) is 11.4 Å². The minimum absolute atomic E-state index is 0.00697. The molecule has 1 heterocycles. The number of nitro groups is 1. The third-order valence-electron chi connectivity index (χ3n) is 4.23. The number of nitro benzene ring substituents is 1. The van der Waals surface area contributed by atoms with Crippen molar-refractivity contribution in [2.24, 2.45) is 0 Å². The maximum atomic E-state index is 12.8. The summed E-state index contributed by atoms with van der Waals surface area (Å²) in [5.41, 5.74) is 0.0102. The van der Waals surface area contributed by atoms with E-state index in [4.69, 9.17) is 14.0 Å². The minimum Gasteiger partial charge on any atom is -0.497 e. The molecule has 2 aromatic carbocycles. The first-order valence-electron chi connectivity index (χ1n) is 8.52. The molecule has 0 spiro atoms. The number of rotatable bonds is 8. The second-order valence-electron chi connectivity index (χ2n) is 6.06. The summed E-state index contributed by atoms with van der Waals surface area (Å²) in [7, 11) is 0.101. The van der Waals surface area contributed by atoms with Crippen molar-refractivity contribution in [2.75, 3.05) is 21.3 Å². The van der Waals surface area contributed by atoms with E-state index in [1.54, 1.807) is 18.2 Å². The van der Waals surface area contributed by atoms with E-state index in [2.05, 4.69) is 10.1 Å². The van der Waals surface area contributed by atoms with Gasteiger partial charge in [0.05, 0.1) is 31.3 Å². The molecule has 0 amide bonds. The number of sulfonamides is 1. The fourth-order valence-electron chi connectivity index (χ4n) is 2.68. The number of hydrogen-bond acceptors (Lipinski definition) is 9. The van der Waals surface area contributed by atoms with E-state index < -0.39 is 25.5 Å². The molecule has 0 saturated carbocycles. The maximum Gasteiger partial charge on any atom is 0.289 e. The topological polar surface area (TPSA) is 138 Å². The van der Waals surface area contributed by atoms with Crippen LogP contribution >= 0.6 is 0 Å². The van der Waals surface area contributed by atoms with Crippen LogP contribution in [0.15, 0.2) is 51.9 Å². The van der Waals surface area contributed by atoms with Gasteiger partial charge in [0.15, 0.2) is 4.90 Å². The van der Waals surface area contributed by atoms with E-state index in [0.717, 1.165) is 10.4 Å². The van der Waals surface area contributed by atoms with Crippen LogP contribution in [0.1, 0.15) is 5.89 Å². The highest BCUT2D eigenvalue weighted by Crippen LogP contribution is 2.32. The average molecular weight is 434 g/mol. The summed E-state index contributed by atoms with van der Waals surface area (Å²) in [6.45, 7) is -0.278. The first-order chi connectivity index (χ1) is 14.3. The van der Waals surface area contributed by atoms with E-state index in [0.29, 0.717) is 17.1 Å². The third kappa shape index (κ3) is 4.09. The molecule has 0 saturated heterocycles. The van der Waals surface area contributed by atoms with Crippen LogP contribution in [-0.4, -0.2) is 49.1 Å². The largest absolute Gasteiger partial charge is 0.497 e. The molecule has 0 atom stereocenters. The molecule has 0 aliphatic carbocycles. The molecule has 1 aromatic heterocycles. The van der Waals surface area contributed by atoms with E-state index in [9.17, 15) is 18.5 Å². The van der Waals surface area contributed by atoms with E-state index in [1.807, 2.05) is 0 Å². The fraction of sp³-hybridized carbons (Fsp3) is 0.222. The molecule has 3 rings (SSSR count). The zero-order chi connectivity index (χ0) is 21.9. The summed E-state index contributed by atoms with van der Waals surface area (Å²) in [4.78, 5) is 14.2. The van der Waals surface area contributed by atoms with Gasteiger partial charge in [0, 0.05) is 19.2 Å². The molecule has 158 valence electrons. The molecule has 0 aliphatic heterocycles. The highest BCUT2D eigenvalue weighted by atomic mass is 32.2. The summed E-state index contributed by atoms with van der Waals surface area (Å²) in [5.74, 6) is 1.23. The van der Waals surface area contributed by atoms with Crippen molar-refractivity contribution < 1.29 is 27.3 Å². The Morgan fingerprint density at radius 2 is 1.90 bits per heavy atom. The van der Waals surface area contributed by atoms with Crippen molar-refractivity contribution in [3.8, 4) is 22.9 Å². The van der Waals surface area contributed by atoms with Gasteiger partial charge in [-0.3, -0.25) is 10.1 Å². The second-order valence-corrected chi connectivity index (χ2v) is 8.08. The van der Waals surface area contributed by atoms with Crippen molar-refractivity contribution in [1.82, 2.24) is 14.4 Å². The van der Waals surface area contributed by atoms with Crippen molar-refractivity contribution >= 4 is 15.7 Å². The highest BCUT2D eigenvalue weighted by Gasteiger charge is 2.30.